The summed E-state index contributed by atoms with van der Waals surface area (Å²) in [6.45, 7) is 8.51. The van der Waals surface area contributed by atoms with Gasteiger partial charge in [-0.3, -0.25) is 4.79 Å². The van der Waals surface area contributed by atoms with Crippen LogP contribution in [0.25, 0.3) is 5.69 Å². The van der Waals surface area contributed by atoms with E-state index in [2.05, 4.69) is 29.2 Å². The highest BCUT2D eigenvalue weighted by Crippen LogP contribution is 2.20. The zero-order valence-electron chi connectivity index (χ0n) is 15.5. The molecule has 1 amide bonds. The van der Waals surface area contributed by atoms with Crippen molar-refractivity contribution in [3.05, 3.63) is 48.0 Å². The van der Waals surface area contributed by atoms with E-state index in [4.69, 9.17) is 0 Å². The molecule has 1 aromatic heterocycles. The van der Waals surface area contributed by atoms with E-state index in [0.29, 0.717) is 17.9 Å². The topological polar surface area (TPSA) is 50.2 Å². The number of hydrogen-bond donors (Lipinski definition) is 1. The van der Waals surface area contributed by atoms with E-state index in [1.165, 1.54) is 17.2 Å². The van der Waals surface area contributed by atoms with E-state index < -0.39 is 0 Å². The standard InChI is InChI=1S/C20H27FN4O/c1-15-12-16(2)14-24(13-15)10-5-9-22-20(26)18-8-11-25(23-18)19-7-4-3-6-17(19)21/h3-4,6-8,11,15-16H,5,9-10,12-14H2,1-2H3,(H,22,26). The van der Waals surface area contributed by atoms with Gasteiger partial charge in [-0.05, 0) is 49.4 Å². The lowest BCUT2D eigenvalue weighted by Crippen LogP contribution is -2.40. The fourth-order valence-electron chi connectivity index (χ4n) is 3.79. The number of likely N-dealkylation sites (tertiary alicyclic amines) is 1. The summed E-state index contributed by atoms with van der Waals surface area (Å²) in [5, 5.41) is 7.09. The third kappa shape index (κ3) is 4.69. The number of rotatable bonds is 6. The zero-order chi connectivity index (χ0) is 18.5. The number of hydrogen-bond acceptors (Lipinski definition) is 3. The van der Waals surface area contributed by atoms with Crippen molar-refractivity contribution >= 4 is 5.91 Å². The lowest BCUT2D eigenvalue weighted by atomic mass is 9.92. The van der Waals surface area contributed by atoms with Crippen molar-refractivity contribution in [3.8, 4) is 5.69 Å². The molecule has 0 bridgehead atoms. The molecule has 26 heavy (non-hydrogen) atoms. The Balaban J connectivity index is 1.46. The van der Waals surface area contributed by atoms with E-state index >= 15 is 0 Å². The van der Waals surface area contributed by atoms with Crippen molar-refractivity contribution in [1.29, 1.82) is 0 Å². The number of para-hydroxylation sites is 1. The summed E-state index contributed by atoms with van der Waals surface area (Å²) in [5.74, 6) is 0.902. The molecule has 6 heteroatoms. The van der Waals surface area contributed by atoms with Crippen LogP contribution in [-0.2, 0) is 0 Å². The van der Waals surface area contributed by atoms with Gasteiger partial charge in [-0.15, -0.1) is 0 Å². The van der Waals surface area contributed by atoms with Crippen LogP contribution in [0.3, 0.4) is 0 Å². The summed E-state index contributed by atoms with van der Waals surface area (Å²) in [6.07, 6.45) is 3.82. The Morgan fingerprint density at radius 3 is 2.69 bits per heavy atom. The third-order valence-electron chi connectivity index (χ3n) is 4.80. The van der Waals surface area contributed by atoms with Gasteiger partial charge in [0.15, 0.2) is 5.69 Å². The molecule has 1 N–H and O–H groups in total. The molecule has 2 aromatic rings. The van der Waals surface area contributed by atoms with Crippen LogP contribution in [0.5, 0.6) is 0 Å². The van der Waals surface area contributed by atoms with Crippen LogP contribution in [-0.4, -0.2) is 46.8 Å². The summed E-state index contributed by atoms with van der Waals surface area (Å²) >= 11 is 0. The average Bonchev–Trinajstić information content (AvgIpc) is 3.08. The normalized spacial score (nSPS) is 20.9. The first-order valence-corrected chi connectivity index (χ1v) is 9.34. The minimum Gasteiger partial charge on any atom is -0.351 e. The van der Waals surface area contributed by atoms with E-state index in [9.17, 15) is 9.18 Å². The first-order chi connectivity index (χ1) is 12.5. The van der Waals surface area contributed by atoms with Crippen molar-refractivity contribution in [2.75, 3.05) is 26.2 Å². The quantitative estimate of drug-likeness (QED) is 0.807. The highest BCUT2D eigenvalue weighted by molar-refractivity contribution is 5.92. The van der Waals surface area contributed by atoms with Crippen LogP contribution < -0.4 is 5.32 Å². The second-order valence-corrected chi connectivity index (χ2v) is 7.41. The zero-order valence-corrected chi connectivity index (χ0v) is 15.5. The van der Waals surface area contributed by atoms with Gasteiger partial charge in [-0.2, -0.15) is 5.10 Å². The first-order valence-electron chi connectivity index (χ1n) is 9.34. The molecule has 1 aliphatic rings. The maximum Gasteiger partial charge on any atom is 0.271 e. The molecular weight excluding hydrogens is 331 g/mol. The number of halogens is 1. The molecule has 2 heterocycles. The number of nitrogens with one attached hydrogen (secondary N) is 1. The molecule has 1 saturated heterocycles. The molecule has 0 radical (unpaired) electrons. The predicted octanol–water partition coefficient (Wildman–Crippen LogP) is 3.11. The number of benzene rings is 1. The van der Waals surface area contributed by atoms with Gasteiger partial charge in [-0.1, -0.05) is 26.0 Å². The van der Waals surface area contributed by atoms with Gasteiger partial charge in [-0.25, -0.2) is 9.07 Å². The van der Waals surface area contributed by atoms with E-state index in [0.717, 1.165) is 37.9 Å². The first kappa shape index (κ1) is 18.6. The predicted molar refractivity (Wildman–Crippen MR) is 99.9 cm³/mol. The second-order valence-electron chi connectivity index (χ2n) is 7.41. The number of nitrogens with zero attached hydrogens (tertiary/aromatic N) is 3. The van der Waals surface area contributed by atoms with Crippen LogP contribution in [0.4, 0.5) is 4.39 Å². The van der Waals surface area contributed by atoms with Crippen LogP contribution in [0.2, 0.25) is 0 Å². The van der Waals surface area contributed by atoms with E-state index in [-0.39, 0.29) is 11.7 Å². The maximum atomic E-state index is 13.8. The number of aromatic nitrogens is 2. The van der Waals surface area contributed by atoms with Gasteiger partial charge in [0.2, 0.25) is 0 Å². The molecule has 0 spiro atoms. The molecular formula is C20H27FN4O. The smallest absolute Gasteiger partial charge is 0.271 e. The highest BCUT2D eigenvalue weighted by Gasteiger charge is 2.21. The molecule has 0 saturated carbocycles. The summed E-state index contributed by atoms with van der Waals surface area (Å²) in [7, 11) is 0. The van der Waals surface area contributed by atoms with Crippen molar-refractivity contribution in [3.63, 3.8) is 0 Å². The van der Waals surface area contributed by atoms with Crippen LogP contribution >= 0.6 is 0 Å². The summed E-state index contributed by atoms with van der Waals surface area (Å²) < 4.78 is 15.2. The molecule has 1 fully saturated rings. The summed E-state index contributed by atoms with van der Waals surface area (Å²) in [4.78, 5) is 14.7. The number of carbonyl (C=O) groups excluding carboxylic acids is 1. The van der Waals surface area contributed by atoms with Gasteiger partial charge in [0.05, 0.1) is 0 Å². The molecule has 2 atom stereocenters. The van der Waals surface area contributed by atoms with Gasteiger partial charge >= 0.3 is 0 Å². The van der Waals surface area contributed by atoms with Crippen molar-refractivity contribution in [1.82, 2.24) is 20.0 Å². The molecule has 140 valence electrons. The SMILES string of the molecule is CC1CC(C)CN(CCCNC(=O)c2ccn(-c3ccccc3F)n2)C1. The van der Waals surface area contributed by atoms with Crippen molar-refractivity contribution in [2.24, 2.45) is 11.8 Å². The van der Waals surface area contributed by atoms with E-state index in [1.54, 1.807) is 30.5 Å². The monoisotopic (exact) mass is 358 g/mol. The second kappa shape index (κ2) is 8.45. The Hall–Kier alpha value is -2.21. The van der Waals surface area contributed by atoms with E-state index in [1.807, 2.05) is 0 Å². The average molecular weight is 358 g/mol. The molecule has 5 nitrogen and oxygen atoms in total. The Kier molecular flexibility index (Phi) is 6.04. The fourth-order valence-corrected chi connectivity index (χ4v) is 3.79. The number of amides is 1. The Morgan fingerprint density at radius 1 is 1.23 bits per heavy atom. The Bertz CT molecular complexity index is 735. The lowest BCUT2D eigenvalue weighted by molar-refractivity contribution is 0.0942. The Morgan fingerprint density at radius 2 is 1.96 bits per heavy atom. The molecule has 0 aliphatic carbocycles. The number of carbonyl (C=O) groups is 1. The van der Waals surface area contributed by atoms with Crippen molar-refractivity contribution < 1.29 is 9.18 Å². The van der Waals surface area contributed by atoms with Crippen LogP contribution in [0.15, 0.2) is 36.5 Å². The Labute approximate surface area is 154 Å². The molecule has 1 aliphatic heterocycles. The highest BCUT2D eigenvalue weighted by atomic mass is 19.1. The largest absolute Gasteiger partial charge is 0.351 e. The summed E-state index contributed by atoms with van der Waals surface area (Å²) in [6, 6.07) is 7.97. The molecule has 2 unspecified atom stereocenters. The lowest BCUT2D eigenvalue weighted by Gasteiger charge is -2.34. The number of piperidine rings is 1. The van der Waals surface area contributed by atoms with Crippen LogP contribution in [0, 0.1) is 17.7 Å². The molecule has 3 rings (SSSR count). The molecule has 1 aromatic carbocycles. The minimum atomic E-state index is -0.368. The van der Waals surface area contributed by atoms with Gasteiger partial charge < -0.3 is 10.2 Å². The maximum absolute atomic E-state index is 13.8. The van der Waals surface area contributed by atoms with Crippen LogP contribution in [0.1, 0.15) is 37.2 Å². The van der Waals surface area contributed by atoms with Gasteiger partial charge in [0.25, 0.3) is 5.91 Å². The van der Waals surface area contributed by atoms with Crippen molar-refractivity contribution in [2.45, 2.75) is 26.7 Å². The minimum absolute atomic E-state index is 0.222. The fraction of sp³-hybridized carbons (Fsp3) is 0.500. The van der Waals surface area contributed by atoms with Gasteiger partial charge in [0.1, 0.15) is 11.5 Å². The summed E-state index contributed by atoms with van der Waals surface area (Å²) in [5.41, 5.74) is 0.633. The van der Waals surface area contributed by atoms with Gasteiger partial charge in [0, 0.05) is 25.8 Å². The third-order valence-corrected chi connectivity index (χ3v) is 4.80.